The van der Waals surface area contributed by atoms with Crippen LogP contribution in [0.3, 0.4) is 0 Å². The Kier molecular flexibility index (Phi) is 3.22. The summed E-state index contributed by atoms with van der Waals surface area (Å²) in [5.74, 6) is 0. The van der Waals surface area contributed by atoms with Crippen LogP contribution in [0.1, 0.15) is 0 Å². The smallest absolute Gasteiger partial charge is 0.00139 e. The van der Waals surface area contributed by atoms with Crippen LogP contribution >= 0.6 is 0 Å². The Morgan fingerprint density at radius 3 is 0.775 bits per heavy atom. The number of benzene rings is 9. The highest BCUT2D eigenvalue weighted by Crippen LogP contribution is 2.56. The topological polar surface area (TPSA) is 0 Å². The van der Waals surface area contributed by atoms with E-state index in [2.05, 4.69) is 121 Å². The standard InChI is InChI=1S/C40H20/c1-2-6-22-18-34-30-14-10-26-28-12-16-32-36-20-24-8-4-3-7-23(24)19-35(36)31-15-11-27(38(28)40(31)32)25-9-13-29(39(30)37(25)26)33(34)17-21(22)5-1/h1-20H. The Hall–Kier alpha value is -5.20. The van der Waals surface area contributed by atoms with Crippen LogP contribution in [0.2, 0.25) is 0 Å². The molecule has 0 fully saturated rings. The average Bonchev–Trinajstić information content (AvgIpc) is 3.50. The molecule has 0 spiro atoms. The van der Waals surface area contributed by atoms with E-state index in [9.17, 15) is 0 Å². The molecule has 0 heteroatoms. The molecule has 0 bridgehead atoms. The first-order chi connectivity index (χ1) is 19.8. The number of rotatable bonds is 0. The molecule has 9 aromatic carbocycles. The quantitative estimate of drug-likeness (QED) is 0.143. The Bertz CT molecular complexity index is 2280. The molecule has 0 heterocycles. The van der Waals surface area contributed by atoms with Gasteiger partial charge in [0.15, 0.2) is 0 Å². The Balaban J connectivity index is 1.30. The van der Waals surface area contributed by atoms with E-state index < -0.39 is 0 Å². The first kappa shape index (κ1) is 19.8. The summed E-state index contributed by atoms with van der Waals surface area (Å²) in [6, 6.07) is 46.1. The average molecular weight is 501 g/mol. The second kappa shape index (κ2) is 6.50. The summed E-state index contributed by atoms with van der Waals surface area (Å²) in [6.45, 7) is 0. The van der Waals surface area contributed by atoms with Gasteiger partial charge in [-0.15, -0.1) is 0 Å². The number of hydrogen-bond donors (Lipinski definition) is 0. The molecule has 2 aliphatic rings. The second-order valence-corrected chi connectivity index (χ2v) is 11.6. The molecule has 0 nitrogen and oxygen atoms in total. The molecule has 11 rings (SSSR count). The van der Waals surface area contributed by atoms with Gasteiger partial charge in [0, 0.05) is 0 Å². The molecule has 9 aromatic rings. The highest BCUT2D eigenvalue weighted by Gasteiger charge is 2.28. The third-order valence-electron chi connectivity index (χ3n) is 9.83. The number of fused-ring (bicyclic) bond motifs is 10. The lowest BCUT2D eigenvalue weighted by molar-refractivity contribution is 1.73. The maximum absolute atomic E-state index is 2.39. The lowest BCUT2D eigenvalue weighted by Crippen LogP contribution is -1.88. The summed E-state index contributed by atoms with van der Waals surface area (Å²) in [6.07, 6.45) is 0. The summed E-state index contributed by atoms with van der Waals surface area (Å²) in [5, 5.41) is 16.3. The summed E-state index contributed by atoms with van der Waals surface area (Å²) in [5.41, 5.74) is 10.9. The van der Waals surface area contributed by atoms with E-state index in [-0.39, 0.29) is 0 Å². The van der Waals surface area contributed by atoms with Crippen LogP contribution in [0.4, 0.5) is 0 Å². The zero-order chi connectivity index (χ0) is 25.7. The van der Waals surface area contributed by atoms with Crippen LogP contribution < -0.4 is 0 Å². The Labute approximate surface area is 230 Å². The SMILES string of the molecule is c1ccc2cc3c(cc2c1)-c1ccc2c4ccc5c6c(ccc(c7ccc-3c1c27)c64)-c1cc2ccccc2cc1-5. The number of hydrogen-bond acceptors (Lipinski definition) is 0. The first-order valence-electron chi connectivity index (χ1n) is 14.1. The van der Waals surface area contributed by atoms with Crippen molar-refractivity contribution < 1.29 is 0 Å². The fraction of sp³-hybridized carbons (Fsp3) is 0. The lowest BCUT2D eigenvalue weighted by atomic mass is 9.86. The molecule has 0 atom stereocenters. The summed E-state index contributed by atoms with van der Waals surface area (Å²) >= 11 is 0. The molecule has 0 radical (unpaired) electrons. The predicted octanol–water partition coefficient (Wildman–Crippen LogP) is 11.3. The zero-order valence-corrected chi connectivity index (χ0v) is 21.5. The van der Waals surface area contributed by atoms with Crippen molar-refractivity contribution in [2.45, 2.75) is 0 Å². The van der Waals surface area contributed by atoms with Crippen molar-refractivity contribution in [3.63, 3.8) is 0 Å². The third kappa shape index (κ3) is 2.13. The highest BCUT2D eigenvalue weighted by molar-refractivity contribution is 6.40. The second-order valence-electron chi connectivity index (χ2n) is 11.6. The van der Waals surface area contributed by atoms with Gasteiger partial charge in [0.25, 0.3) is 0 Å². The minimum Gasteiger partial charge on any atom is -0.0616 e. The predicted molar refractivity (Wildman–Crippen MR) is 172 cm³/mol. The van der Waals surface area contributed by atoms with Crippen LogP contribution in [0.15, 0.2) is 121 Å². The van der Waals surface area contributed by atoms with Crippen molar-refractivity contribution in [1.82, 2.24) is 0 Å². The fourth-order valence-corrected chi connectivity index (χ4v) is 8.16. The van der Waals surface area contributed by atoms with E-state index in [0.717, 1.165) is 0 Å². The highest BCUT2D eigenvalue weighted by atomic mass is 14.3. The summed E-state index contributed by atoms with van der Waals surface area (Å²) in [4.78, 5) is 0. The Morgan fingerprint density at radius 2 is 0.500 bits per heavy atom. The van der Waals surface area contributed by atoms with Crippen molar-refractivity contribution in [3.05, 3.63) is 121 Å². The van der Waals surface area contributed by atoms with Crippen molar-refractivity contribution >= 4 is 64.6 Å². The van der Waals surface area contributed by atoms with Crippen LogP contribution in [-0.4, -0.2) is 0 Å². The molecule has 2 aliphatic carbocycles. The fourth-order valence-electron chi connectivity index (χ4n) is 8.16. The van der Waals surface area contributed by atoms with E-state index in [0.29, 0.717) is 0 Å². The largest absolute Gasteiger partial charge is 0.0616 e. The summed E-state index contributed by atoms with van der Waals surface area (Å²) in [7, 11) is 0. The van der Waals surface area contributed by atoms with E-state index >= 15 is 0 Å². The zero-order valence-electron chi connectivity index (χ0n) is 21.5. The van der Waals surface area contributed by atoms with Gasteiger partial charge in [0.05, 0.1) is 0 Å². The maximum atomic E-state index is 2.39. The van der Waals surface area contributed by atoms with Gasteiger partial charge in [-0.2, -0.15) is 0 Å². The van der Waals surface area contributed by atoms with Gasteiger partial charge in [-0.25, -0.2) is 0 Å². The van der Waals surface area contributed by atoms with E-state index in [4.69, 9.17) is 0 Å². The van der Waals surface area contributed by atoms with Crippen LogP contribution in [-0.2, 0) is 0 Å². The minimum atomic E-state index is 1.30. The summed E-state index contributed by atoms with van der Waals surface area (Å²) < 4.78 is 0. The molecule has 0 aliphatic heterocycles. The minimum absolute atomic E-state index is 1.30. The molecule has 0 N–H and O–H groups in total. The molecule has 0 aromatic heterocycles. The van der Waals surface area contributed by atoms with Crippen LogP contribution in [0.25, 0.3) is 109 Å². The van der Waals surface area contributed by atoms with E-state index in [1.165, 1.54) is 109 Å². The molecule has 0 saturated heterocycles. The van der Waals surface area contributed by atoms with Crippen LogP contribution in [0.5, 0.6) is 0 Å². The van der Waals surface area contributed by atoms with Gasteiger partial charge in [0.2, 0.25) is 0 Å². The Morgan fingerprint density at radius 1 is 0.225 bits per heavy atom. The van der Waals surface area contributed by atoms with Gasteiger partial charge >= 0.3 is 0 Å². The molecule has 0 amide bonds. The molecule has 0 saturated carbocycles. The third-order valence-corrected chi connectivity index (χ3v) is 9.83. The van der Waals surface area contributed by atoms with E-state index in [1.54, 1.807) is 0 Å². The van der Waals surface area contributed by atoms with Crippen molar-refractivity contribution in [1.29, 1.82) is 0 Å². The van der Waals surface area contributed by atoms with Gasteiger partial charge in [-0.1, -0.05) is 97.1 Å². The van der Waals surface area contributed by atoms with Crippen LogP contribution in [0, 0.1) is 0 Å². The molecular formula is C40H20. The van der Waals surface area contributed by atoms with Crippen molar-refractivity contribution in [2.75, 3.05) is 0 Å². The first-order valence-corrected chi connectivity index (χ1v) is 14.1. The van der Waals surface area contributed by atoms with Gasteiger partial charge < -0.3 is 0 Å². The molecule has 0 unspecified atom stereocenters. The van der Waals surface area contributed by atoms with E-state index in [1.807, 2.05) is 0 Å². The van der Waals surface area contributed by atoms with Crippen molar-refractivity contribution in [3.8, 4) is 44.5 Å². The molecule has 40 heavy (non-hydrogen) atoms. The maximum Gasteiger partial charge on any atom is -0.00139 e. The lowest BCUT2D eigenvalue weighted by Gasteiger charge is -2.16. The van der Waals surface area contributed by atoms with Gasteiger partial charge in [0.1, 0.15) is 0 Å². The molecule has 180 valence electrons. The molecular weight excluding hydrogens is 480 g/mol. The van der Waals surface area contributed by atoms with Crippen molar-refractivity contribution in [2.24, 2.45) is 0 Å². The van der Waals surface area contributed by atoms with Gasteiger partial charge in [-0.05, 0) is 133 Å². The normalized spacial score (nSPS) is 13.0. The van der Waals surface area contributed by atoms with Gasteiger partial charge in [-0.3, -0.25) is 0 Å². The monoisotopic (exact) mass is 500 g/mol.